The number of amides is 1. The van der Waals surface area contributed by atoms with Crippen LogP contribution in [-0.2, 0) is 24.1 Å². The SMILES string of the molecule is NC(=O)Cc1c(F)cccc1CC[C@]12CCC3=Cc4c(cnn4-c4ccc(F)cc4)CC31C2. The van der Waals surface area contributed by atoms with Gasteiger partial charge in [-0.3, -0.25) is 4.79 Å². The van der Waals surface area contributed by atoms with E-state index in [9.17, 15) is 13.6 Å². The number of fused-ring (bicyclic) bond motifs is 1. The second-order valence-corrected chi connectivity index (χ2v) is 9.85. The second kappa shape index (κ2) is 7.11. The molecule has 1 spiro atoms. The molecule has 4 nitrogen and oxygen atoms in total. The van der Waals surface area contributed by atoms with Gasteiger partial charge in [0, 0.05) is 11.0 Å². The molecule has 1 unspecified atom stereocenters. The maximum atomic E-state index is 14.4. The third-order valence-corrected chi connectivity index (χ3v) is 8.22. The summed E-state index contributed by atoms with van der Waals surface area (Å²) in [6.45, 7) is 0. The van der Waals surface area contributed by atoms with Gasteiger partial charge < -0.3 is 5.73 Å². The molecule has 2 atom stereocenters. The number of hydrogen-bond acceptors (Lipinski definition) is 2. The van der Waals surface area contributed by atoms with E-state index in [1.165, 1.54) is 29.3 Å². The van der Waals surface area contributed by atoms with Gasteiger partial charge in [-0.2, -0.15) is 5.10 Å². The van der Waals surface area contributed by atoms with E-state index < -0.39 is 5.91 Å². The van der Waals surface area contributed by atoms with Gasteiger partial charge in [0.1, 0.15) is 11.6 Å². The molecular formula is C27H25F2N3O. The highest BCUT2D eigenvalue weighted by Gasteiger charge is 2.71. The van der Waals surface area contributed by atoms with Crippen LogP contribution in [0.5, 0.6) is 0 Å². The quantitative estimate of drug-likeness (QED) is 0.585. The van der Waals surface area contributed by atoms with Crippen molar-refractivity contribution in [1.29, 1.82) is 0 Å². The fraction of sp³-hybridized carbons (Fsp3) is 0.333. The summed E-state index contributed by atoms with van der Waals surface area (Å²) in [4.78, 5) is 11.5. The summed E-state index contributed by atoms with van der Waals surface area (Å²) in [6.07, 6.45) is 10.2. The van der Waals surface area contributed by atoms with Crippen LogP contribution < -0.4 is 5.73 Å². The molecule has 3 aromatic rings. The Morgan fingerprint density at radius 1 is 1.15 bits per heavy atom. The lowest BCUT2D eigenvalue weighted by Crippen LogP contribution is -2.18. The molecule has 33 heavy (non-hydrogen) atoms. The van der Waals surface area contributed by atoms with Crippen molar-refractivity contribution in [2.45, 2.75) is 44.9 Å². The number of halogens is 2. The summed E-state index contributed by atoms with van der Waals surface area (Å²) in [6, 6.07) is 11.5. The Labute approximate surface area is 191 Å². The predicted octanol–water partition coefficient (Wildman–Crippen LogP) is 4.92. The summed E-state index contributed by atoms with van der Waals surface area (Å²) in [5.74, 6) is -1.11. The second-order valence-electron chi connectivity index (χ2n) is 9.85. The van der Waals surface area contributed by atoms with E-state index >= 15 is 0 Å². The number of aryl methyl sites for hydroxylation is 1. The normalized spacial score (nSPS) is 24.6. The van der Waals surface area contributed by atoms with E-state index in [2.05, 4.69) is 11.2 Å². The Kier molecular flexibility index (Phi) is 4.38. The summed E-state index contributed by atoms with van der Waals surface area (Å²) in [5, 5.41) is 4.60. The fourth-order valence-corrected chi connectivity index (χ4v) is 6.50. The number of hydrogen-bond donors (Lipinski definition) is 1. The molecule has 2 fully saturated rings. The van der Waals surface area contributed by atoms with Gasteiger partial charge in [0.15, 0.2) is 0 Å². The van der Waals surface area contributed by atoms with Crippen molar-refractivity contribution in [3.8, 4) is 5.69 Å². The maximum absolute atomic E-state index is 14.4. The smallest absolute Gasteiger partial charge is 0.221 e. The number of nitrogens with zero attached hydrogens (tertiary/aromatic N) is 2. The molecule has 2 aromatic carbocycles. The topological polar surface area (TPSA) is 60.9 Å². The van der Waals surface area contributed by atoms with E-state index in [1.807, 2.05) is 16.9 Å². The van der Waals surface area contributed by atoms with E-state index in [0.29, 0.717) is 5.56 Å². The number of carbonyl (C=O) groups excluding carboxylic acids is 1. The third-order valence-electron chi connectivity index (χ3n) is 8.22. The number of aromatic nitrogens is 2. The zero-order valence-electron chi connectivity index (χ0n) is 18.3. The van der Waals surface area contributed by atoms with Crippen molar-refractivity contribution in [2.75, 3.05) is 0 Å². The molecule has 2 N–H and O–H groups in total. The Balaban J connectivity index is 1.26. The van der Waals surface area contributed by atoms with Crippen LogP contribution in [0, 0.1) is 22.5 Å². The Morgan fingerprint density at radius 3 is 2.76 bits per heavy atom. The zero-order valence-corrected chi connectivity index (χ0v) is 18.3. The highest BCUT2D eigenvalue weighted by Crippen LogP contribution is 2.79. The first-order chi connectivity index (χ1) is 15.9. The van der Waals surface area contributed by atoms with Crippen LogP contribution in [0.1, 0.15) is 48.1 Å². The number of carbonyl (C=O) groups is 1. The Hall–Kier alpha value is -3.28. The van der Waals surface area contributed by atoms with Crippen LogP contribution in [0.2, 0.25) is 0 Å². The van der Waals surface area contributed by atoms with Gasteiger partial charge in [-0.15, -0.1) is 0 Å². The molecule has 6 rings (SSSR count). The van der Waals surface area contributed by atoms with Gasteiger partial charge in [0.05, 0.1) is 24.0 Å². The number of allylic oxidation sites excluding steroid dienone is 1. The van der Waals surface area contributed by atoms with Crippen molar-refractivity contribution in [1.82, 2.24) is 9.78 Å². The largest absolute Gasteiger partial charge is 0.369 e. The van der Waals surface area contributed by atoms with E-state index in [4.69, 9.17) is 5.73 Å². The molecule has 0 radical (unpaired) electrons. The predicted molar refractivity (Wildman–Crippen MR) is 122 cm³/mol. The zero-order chi connectivity index (χ0) is 22.8. The van der Waals surface area contributed by atoms with Crippen molar-refractivity contribution in [3.63, 3.8) is 0 Å². The van der Waals surface area contributed by atoms with Gasteiger partial charge in [0.25, 0.3) is 0 Å². The molecule has 1 heterocycles. The molecule has 3 aliphatic rings. The standard InChI is InChI=1S/C27H25F2N3O/c28-20-4-6-21(7-5-20)32-24-12-19-9-11-26(16-27(19,26)14-18(24)15-31-32)10-8-17-2-1-3-23(29)22(17)13-25(30)33/h1-7,12,15H,8-11,13-14,16H2,(H2,30,33)/t26-,27?/m1/s1. The number of rotatable bonds is 6. The lowest BCUT2D eigenvalue weighted by molar-refractivity contribution is -0.117. The van der Waals surface area contributed by atoms with Crippen LogP contribution in [0.15, 0.2) is 54.2 Å². The molecular weight excluding hydrogens is 420 g/mol. The minimum atomic E-state index is -0.508. The van der Waals surface area contributed by atoms with Crippen LogP contribution in [-0.4, -0.2) is 15.7 Å². The lowest BCUT2D eigenvalue weighted by Gasteiger charge is -2.24. The van der Waals surface area contributed by atoms with Crippen molar-refractivity contribution in [2.24, 2.45) is 16.6 Å². The number of benzene rings is 2. The van der Waals surface area contributed by atoms with E-state index in [0.717, 1.165) is 55.5 Å². The maximum Gasteiger partial charge on any atom is 0.221 e. The third kappa shape index (κ3) is 3.07. The van der Waals surface area contributed by atoms with Crippen LogP contribution >= 0.6 is 0 Å². The monoisotopic (exact) mass is 445 g/mol. The van der Waals surface area contributed by atoms with Gasteiger partial charge >= 0.3 is 0 Å². The number of primary amides is 1. The van der Waals surface area contributed by atoms with Crippen LogP contribution in [0.25, 0.3) is 11.8 Å². The van der Waals surface area contributed by atoms with Gasteiger partial charge in [-0.05, 0) is 91.5 Å². The fourth-order valence-electron chi connectivity index (χ4n) is 6.50. The molecule has 1 amide bonds. The molecule has 168 valence electrons. The molecule has 6 heteroatoms. The summed E-state index contributed by atoms with van der Waals surface area (Å²) >= 11 is 0. The molecule has 1 aromatic heterocycles. The summed E-state index contributed by atoms with van der Waals surface area (Å²) < 4.78 is 29.6. The first kappa shape index (κ1) is 20.3. The molecule has 0 saturated heterocycles. The van der Waals surface area contributed by atoms with Crippen molar-refractivity contribution in [3.05, 3.63) is 88.3 Å². The Bertz CT molecular complexity index is 1310. The Morgan fingerprint density at radius 2 is 1.97 bits per heavy atom. The minimum Gasteiger partial charge on any atom is -0.369 e. The average Bonchev–Trinajstić information content (AvgIpc) is 3.07. The first-order valence-corrected chi connectivity index (χ1v) is 11.5. The van der Waals surface area contributed by atoms with Gasteiger partial charge in [-0.1, -0.05) is 17.7 Å². The van der Waals surface area contributed by atoms with Crippen molar-refractivity contribution >= 4 is 12.0 Å². The van der Waals surface area contributed by atoms with Crippen molar-refractivity contribution < 1.29 is 13.6 Å². The summed E-state index contributed by atoms with van der Waals surface area (Å²) in [5.41, 5.74) is 11.8. The van der Waals surface area contributed by atoms with E-state index in [-0.39, 0.29) is 28.9 Å². The molecule has 2 saturated carbocycles. The minimum absolute atomic E-state index is 0.0583. The lowest BCUT2D eigenvalue weighted by atomic mass is 9.80. The molecule has 0 bridgehead atoms. The van der Waals surface area contributed by atoms with E-state index in [1.54, 1.807) is 18.2 Å². The van der Waals surface area contributed by atoms with Crippen LogP contribution in [0.4, 0.5) is 8.78 Å². The van der Waals surface area contributed by atoms with Crippen LogP contribution in [0.3, 0.4) is 0 Å². The molecule has 3 aliphatic carbocycles. The first-order valence-electron chi connectivity index (χ1n) is 11.5. The highest BCUT2D eigenvalue weighted by molar-refractivity contribution is 5.77. The average molecular weight is 446 g/mol. The number of nitrogens with two attached hydrogens (primary N) is 1. The molecule has 0 aliphatic heterocycles. The highest BCUT2D eigenvalue weighted by atomic mass is 19.1. The summed E-state index contributed by atoms with van der Waals surface area (Å²) in [7, 11) is 0. The van der Waals surface area contributed by atoms with Gasteiger partial charge in [0.2, 0.25) is 5.91 Å². The van der Waals surface area contributed by atoms with Gasteiger partial charge in [-0.25, -0.2) is 13.5 Å².